The first kappa shape index (κ1) is 26.1. The molecule has 0 saturated heterocycles. The van der Waals surface area contributed by atoms with Crippen LogP contribution < -0.4 is 5.73 Å². The van der Waals surface area contributed by atoms with E-state index in [9.17, 15) is 10.1 Å². The molecule has 39 heavy (non-hydrogen) atoms. The average Bonchev–Trinajstić information content (AvgIpc) is 3.28. The average molecular weight is 520 g/mol. The van der Waals surface area contributed by atoms with E-state index in [1.807, 2.05) is 31.3 Å². The first-order valence-corrected chi connectivity index (χ1v) is 13.1. The first-order chi connectivity index (χ1) is 18.7. The SMILES string of the molecule is Cc1cc(C(=O)N(C)C)ccc1C1=CCN(C(C)c2cc3c(-c4ccc(N)nc4C#N)ccnc3n2C)CC1. The molecule has 3 aromatic heterocycles. The van der Waals surface area contributed by atoms with E-state index >= 15 is 0 Å². The molecule has 0 radical (unpaired) electrons. The van der Waals surface area contributed by atoms with Gasteiger partial charge in [-0.15, -0.1) is 0 Å². The van der Waals surface area contributed by atoms with Crippen LogP contribution in [0.3, 0.4) is 0 Å². The quantitative estimate of drug-likeness (QED) is 0.400. The highest BCUT2D eigenvalue weighted by Crippen LogP contribution is 2.35. The number of pyridine rings is 2. The van der Waals surface area contributed by atoms with E-state index in [0.29, 0.717) is 17.1 Å². The monoisotopic (exact) mass is 519 g/mol. The number of aromatic nitrogens is 3. The van der Waals surface area contributed by atoms with Crippen molar-refractivity contribution in [3.8, 4) is 17.2 Å². The van der Waals surface area contributed by atoms with Crippen molar-refractivity contribution < 1.29 is 4.79 Å². The van der Waals surface area contributed by atoms with Crippen molar-refractivity contribution in [1.29, 1.82) is 5.26 Å². The number of hydrogen-bond acceptors (Lipinski definition) is 6. The smallest absolute Gasteiger partial charge is 0.253 e. The van der Waals surface area contributed by atoms with E-state index in [-0.39, 0.29) is 11.9 Å². The number of nitriles is 1. The number of nitrogens with two attached hydrogens (primary N) is 1. The van der Waals surface area contributed by atoms with Gasteiger partial charge in [0.1, 0.15) is 17.5 Å². The Morgan fingerprint density at radius 1 is 1.13 bits per heavy atom. The highest BCUT2D eigenvalue weighted by atomic mass is 16.2. The summed E-state index contributed by atoms with van der Waals surface area (Å²) in [7, 11) is 5.59. The third kappa shape index (κ3) is 4.77. The van der Waals surface area contributed by atoms with E-state index in [4.69, 9.17) is 5.73 Å². The van der Waals surface area contributed by atoms with Crippen molar-refractivity contribution >= 4 is 28.3 Å². The van der Waals surface area contributed by atoms with E-state index in [1.54, 1.807) is 31.3 Å². The predicted octanol–water partition coefficient (Wildman–Crippen LogP) is 4.95. The Bertz CT molecular complexity index is 1660. The van der Waals surface area contributed by atoms with Crippen molar-refractivity contribution in [2.45, 2.75) is 26.3 Å². The molecule has 2 N–H and O–H groups in total. The molecule has 0 spiro atoms. The van der Waals surface area contributed by atoms with Crippen LogP contribution in [0.4, 0.5) is 5.82 Å². The number of nitrogens with zero attached hydrogens (tertiary/aromatic N) is 6. The molecule has 1 unspecified atom stereocenters. The Morgan fingerprint density at radius 2 is 1.90 bits per heavy atom. The summed E-state index contributed by atoms with van der Waals surface area (Å²) in [6.07, 6.45) is 5.02. The van der Waals surface area contributed by atoms with Crippen LogP contribution in [0, 0.1) is 18.3 Å². The van der Waals surface area contributed by atoms with E-state index in [1.165, 1.54) is 11.1 Å². The van der Waals surface area contributed by atoms with Gasteiger partial charge in [0.05, 0.1) is 0 Å². The molecule has 198 valence electrons. The lowest BCUT2D eigenvalue weighted by atomic mass is 9.93. The maximum Gasteiger partial charge on any atom is 0.253 e. The van der Waals surface area contributed by atoms with Gasteiger partial charge in [-0.2, -0.15) is 5.26 Å². The molecule has 1 amide bonds. The summed E-state index contributed by atoms with van der Waals surface area (Å²) < 4.78 is 2.14. The lowest BCUT2D eigenvalue weighted by molar-refractivity contribution is 0.0827. The molecule has 0 aliphatic carbocycles. The number of carbonyl (C=O) groups is 1. The molecule has 0 fully saturated rings. The van der Waals surface area contributed by atoms with Gasteiger partial charge in [0, 0.05) is 68.7 Å². The van der Waals surface area contributed by atoms with Gasteiger partial charge >= 0.3 is 0 Å². The minimum absolute atomic E-state index is 0.0198. The Hall–Kier alpha value is -4.48. The van der Waals surface area contributed by atoms with Gasteiger partial charge in [0.25, 0.3) is 5.91 Å². The Kier molecular flexibility index (Phi) is 6.94. The molecule has 8 nitrogen and oxygen atoms in total. The zero-order valence-electron chi connectivity index (χ0n) is 23.1. The number of carbonyl (C=O) groups excluding carboxylic acids is 1. The zero-order valence-corrected chi connectivity index (χ0v) is 23.1. The van der Waals surface area contributed by atoms with E-state index in [0.717, 1.165) is 52.9 Å². The number of rotatable bonds is 5. The minimum Gasteiger partial charge on any atom is -0.384 e. The number of amides is 1. The molecular weight excluding hydrogens is 486 g/mol. The molecule has 5 rings (SSSR count). The second-order valence-electron chi connectivity index (χ2n) is 10.3. The van der Waals surface area contributed by atoms with Gasteiger partial charge in [-0.1, -0.05) is 12.1 Å². The summed E-state index contributed by atoms with van der Waals surface area (Å²) in [5.74, 6) is 0.347. The Labute approximate surface area is 229 Å². The van der Waals surface area contributed by atoms with E-state index < -0.39 is 0 Å². The maximum absolute atomic E-state index is 12.4. The fourth-order valence-electron chi connectivity index (χ4n) is 5.53. The number of aryl methyl sites for hydroxylation is 2. The fourth-order valence-corrected chi connectivity index (χ4v) is 5.53. The molecular formula is C31H33N7O. The molecule has 8 heteroatoms. The van der Waals surface area contributed by atoms with Gasteiger partial charge in [0.15, 0.2) is 5.69 Å². The molecule has 1 aromatic carbocycles. The zero-order chi connectivity index (χ0) is 27.8. The maximum atomic E-state index is 12.4. The van der Waals surface area contributed by atoms with Gasteiger partial charge in [0.2, 0.25) is 0 Å². The lowest BCUT2D eigenvalue weighted by Crippen LogP contribution is -2.32. The van der Waals surface area contributed by atoms with Crippen LogP contribution in [0.15, 0.2) is 54.7 Å². The summed E-state index contributed by atoms with van der Waals surface area (Å²) in [6.45, 7) is 6.06. The van der Waals surface area contributed by atoms with Crippen molar-refractivity contribution in [2.24, 2.45) is 7.05 Å². The molecule has 0 bridgehead atoms. The van der Waals surface area contributed by atoms with Gasteiger partial charge in [-0.3, -0.25) is 9.69 Å². The second kappa shape index (κ2) is 10.4. The number of nitrogen functional groups attached to an aromatic ring is 1. The Balaban J connectivity index is 1.42. The molecule has 1 aliphatic rings. The van der Waals surface area contributed by atoms with Crippen molar-refractivity contribution in [3.63, 3.8) is 0 Å². The molecule has 4 heterocycles. The van der Waals surface area contributed by atoms with Crippen LogP contribution in [-0.4, -0.2) is 57.4 Å². The van der Waals surface area contributed by atoms with Crippen molar-refractivity contribution in [1.82, 2.24) is 24.3 Å². The largest absolute Gasteiger partial charge is 0.384 e. The predicted molar refractivity (Wildman–Crippen MR) is 155 cm³/mol. The molecule has 1 atom stereocenters. The minimum atomic E-state index is 0.0198. The van der Waals surface area contributed by atoms with Gasteiger partial charge in [-0.05, 0) is 78.9 Å². The van der Waals surface area contributed by atoms with Crippen LogP contribution in [0.25, 0.3) is 27.7 Å². The van der Waals surface area contributed by atoms with Crippen LogP contribution in [-0.2, 0) is 7.05 Å². The van der Waals surface area contributed by atoms with Crippen LogP contribution in [0.1, 0.15) is 52.3 Å². The topological polar surface area (TPSA) is 104 Å². The van der Waals surface area contributed by atoms with Crippen molar-refractivity contribution in [2.75, 3.05) is 32.9 Å². The molecule has 1 aliphatic heterocycles. The Morgan fingerprint density at radius 3 is 2.56 bits per heavy atom. The standard InChI is InChI=1S/C31H33N7O/c1-19-16-22(31(39)36(3)4)6-7-23(19)21-11-14-38(15-12-21)20(2)28-17-26-24(10-13-34-30(26)37(28)5)25-8-9-29(33)35-27(25)18-32/h6-11,13,16-17,20H,12,14-15H2,1-5H3,(H2,33,35). The molecule has 4 aromatic rings. The molecule has 0 saturated carbocycles. The summed E-state index contributed by atoms with van der Waals surface area (Å²) in [4.78, 5) is 25.3. The van der Waals surface area contributed by atoms with Crippen molar-refractivity contribution in [3.05, 3.63) is 82.8 Å². The lowest BCUT2D eigenvalue weighted by Gasteiger charge is -2.32. The number of hydrogen-bond donors (Lipinski definition) is 1. The summed E-state index contributed by atoms with van der Waals surface area (Å²) in [5.41, 5.74) is 14.2. The van der Waals surface area contributed by atoms with Crippen LogP contribution in [0.5, 0.6) is 0 Å². The number of anilines is 1. The number of fused-ring (bicyclic) bond motifs is 1. The third-order valence-corrected chi connectivity index (χ3v) is 7.72. The third-order valence-electron chi connectivity index (χ3n) is 7.72. The second-order valence-corrected chi connectivity index (χ2v) is 10.3. The number of benzene rings is 1. The summed E-state index contributed by atoms with van der Waals surface area (Å²) in [6, 6.07) is 16.0. The summed E-state index contributed by atoms with van der Waals surface area (Å²) in [5, 5.41) is 10.6. The van der Waals surface area contributed by atoms with Gasteiger partial charge < -0.3 is 15.2 Å². The van der Waals surface area contributed by atoms with Crippen LogP contribution >= 0.6 is 0 Å². The highest BCUT2D eigenvalue weighted by molar-refractivity contribution is 5.95. The van der Waals surface area contributed by atoms with E-state index in [2.05, 4.69) is 57.6 Å². The van der Waals surface area contributed by atoms with Gasteiger partial charge in [-0.25, -0.2) is 9.97 Å². The highest BCUT2D eigenvalue weighted by Gasteiger charge is 2.24. The first-order valence-electron chi connectivity index (χ1n) is 13.1. The normalized spacial score (nSPS) is 14.6. The summed E-state index contributed by atoms with van der Waals surface area (Å²) >= 11 is 0. The fraction of sp³-hybridized carbons (Fsp3) is 0.290. The van der Waals surface area contributed by atoms with Crippen LogP contribution in [0.2, 0.25) is 0 Å².